The Balaban J connectivity index is 1.72. The average molecular weight is 294 g/mol. The van der Waals surface area contributed by atoms with E-state index >= 15 is 0 Å². The van der Waals surface area contributed by atoms with Crippen molar-refractivity contribution in [2.75, 3.05) is 19.6 Å². The van der Waals surface area contributed by atoms with Crippen LogP contribution in [-0.2, 0) is 16.1 Å². The Labute approximate surface area is 126 Å². The summed E-state index contributed by atoms with van der Waals surface area (Å²) < 4.78 is 5.65. The normalized spacial score (nSPS) is 22.6. The summed E-state index contributed by atoms with van der Waals surface area (Å²) >= 11 is 0. The fraction of sp³-hybridized carbons (Fsp3) is 0.733. The molecule has 118 valence electrons. The maximum Gasteiger partial charge on any atom is 0.224 e. The largest absolute Gasteiger partial charge is 0.372 e. The molecule has 1 aromatic rings. The van der Waals surface area contributed by atoms with Gasteiger partial charge in [-0.2, -0.15) is 5.10 Å². The van der Waals surface area contributed by atoms with Crippen LogP contribution < -0.4 is 5.32 Å². The molecule has 1 amide bonds. The lowest BCUT2D eigenvalue weighted by Crippen LogP contribution is -2.48. The Hall–Kier alpha value is -1.40. The molecule has 2 heterocycles. The fourth-order valence-electron chi connectivity index (χ4n) is 2.78. The van der Waals surface area contributed by atoms with Gasteiger partial charge in [-0.15, -0.1) is 0 Å². The summed E-state index contributed by atoms with van der Waals surface area (Å²) in [7, 11) is 0. The fourth-order valence-corrected chi connectivity index (χ4v) is 2.78. The van der Waals surface area contributed by atoms with Gasteiger partial charge in [-0.05, 0) is 27.7 Å². The van der Waals surface area contributed by atoms with E-state index in [1.54, 1.807) is 0 Å². The van der Waals surface area contributed by atoms with Gasteiger partial charge >= 0.3 is 0 Å². The Morgan fingerprint density at radius 1 is 1.38 bits per heavy atom. The molecular formula is C15H26N4O2. The first-order chi connectivity index (χ1) is 9.97. The van der Waals surface area contributed by atoms with E-state index in [1.807, 2.05) is 32.6 Å². The zero-order valence-corrected chi connectivity index (χ0v) is 13.4. The number of carbonyl (C=O) groups excluding carboxylic acids is 1. The van der Waals surface area contributed by atoms with Crippen molar-refractivity contribution in [3.63, 3.8) is 0 Å². The second-order valence-electron chi connectivity index (χ2n) is 5.90. The van der Waals surface area contributed by atoms with Crippen LogP contribution in [0.25, 0.3) is 0 Å². The van der Waals surface area contributed by atoms with Gasteiger partial charge in [0.2, 0.25) is 5.91 Å². The molecule has 6 nitrogen and oxygen atoms in total. The summed E-state index contributed by atoms with van der Waals surface area (Å²) in [4.78, 5) is 14.1. The number of aromatic nitrogens is 2. The molecule has 2 unspecified atom stereocenters. The standard InChI is InChI=1S/C15H26N4O2/c1-10-8-19(9-11(2)21-10)15(20)5-6-16-7-14-12(3)17-18-13(14)4/h10-11,16H,5-9H2,1-4H3,(H,17,18). The first kappa shape index (κ1) is 16.0. The molecule has 0 spiro atoms. The number of amides is 1. The van der Waals surface area contributed by atoms with Crippen LogP contribution in [0.5, 0.6) is 0 Å². The van der Waals surface area contributed by atoms with E-state index in [-0.39, 0.29) is 18.1 Å². The van der Waals surface area contributed by atoms with Crippen molar-refractivity contribution in [2.24, 2.45) is 0 Å². The third kappa shape index (κ3) is 4.28. The van der Waals surface area contributed by atoms with Gasteiger partial charge in [-0.25, -0.2) is 0 Å². The first-order valence-corrected chi connectivity index (χ1v) is 7.61. The molecule has 1 fully saturated rings. The number of rotatable bonds is 5. The Morgan fingerprint density at radius 2 is 2.05 bits per heavy atom. The number of morpholine rings is 1. The minimum absolute atomic E-state index is 0.127. The van der Waals surface area contributed by atoms with Crippen molar-refractivity contribution in [1.82, 2.24) is 20.4 Å². The summed E-state index contributed by atoms with van der Waals surface area (Å²) in [5.74, 6) is 0.199. The molecule has 1 saturated heterocycles. The van der Waals surface area contributed by atoms with Crippen LogP contribution in [-0.4, -0.2) is 52.8 Å². The molecule has 1 aliphatic rings. The predicted molar refractivity (Wildman–Crippen MR) is 81.0 cm³/mol. The number of hydrogen-bond acceptors (Lipinski definition) is 4. The topological polar surface area (TPSA) is 70.2 Å². The van der Waals surface area contributed by atoms with E-state index in [1.165, 1.54) is 5.56 Å². The van der Waals surface area contributed by atoms with Crippen LogP contribution in [0.3, 0.4) is 0 Å². The van der Waals surface area contributed by atoms with Gasteiger partial charge in [0.15, 0.2) is 0 Å². The quantitative estimate of drug-likeness (QED) is 0.799. The van der Waals surface area contributed by atoms with Gasteiger partial charge in [-0.3, -0.25) is 9.89 Å². The van der Waals surface area contributed by atoms with Crippen molar-refractivity contribution in [2.45, 2.75) is 52.9 Å². The summed E-state index contributed by atoms with van der Waals surface area (Å²) in [5, 5.41) is 10.5. The van der Waals surface area contributed by atoms with E-state index in [2.05, 4.69) is 15.5 Å². The molecule has 0 saturated carbocycles. The average Bonchev–Trinajstić information content (AvgIpc) is 2.73. The van der Waals surface area contributed by atoms with Gasteiger partial charge in [0.05, 0.1) is 17.9 Å². The molecule has 21 heavy (non-hydrogen) atoms. The molecule has 0 bridgehead atoms. The molecule has 0 radical (unpaired) electrons. The van der Waals surface area contributed by atoms with Crippen molar-refractivity contribution in [3.8, 4) is 0 Å². The number of nitrogens with one attached hydrogen (secondary N) is 2. The lowest BCUT2D eigenvalue weighted by atomic mass is 10.2. The molecule has 2 N–H and O–H groups in total. The number of H-pyrrole nitrogens is 1. The number of nitrogens with zero attached hydrogens (tertiary/aromatic N) is 2. The number of carbonyl (C=O) groups is 1. The van der Waals surface area contributed by atoms with Gasteiger partial charge in [-0.1, -0.05) is 0 Å². The van der Waals surface area contributed by atoms with Crippen molar-refractivity contribution in [3.05, 3.63) is 17.0 Å². The molecule has 0 aromatic carbocycles. The highest BCUT2D eigenvalue weighted by molar-refractivity contribution is 5.76. The maximum absolute atomic E-state index is 12.2. The molecular weight excluding hydrogens is 268 g/mol. The van der Waals surface area contributed by atoms with Gasteiger partial charge in [0.1, 0.15) is 0 Å². The third-order valence-electron chi connectivity index (χ3n) is 3.87. The lowest BCUT2D eigenvalue weighted by molar-refractivity contribution is -0.143. The Kier molecular flexibility index (Phi) is 5.36. The van der Waals surface area contributed by atoms with Crippen LogP contribution in [0, 0.1) is 13.8 Å². The van der Waals surface area contributed by atoms with Crippen molar-refractivity contribution in [1.29, 1.82) is 0 Å². The zero-order chi connectivity index (χ0) is 15.4. The van der Waals surface area contributed by atoms with Crippen LogP contribution in [0.1, 0.15) is 37.2 Å². The Bertz CT molecular complexity index is 457. The van der Waals surface area contributed by atoms with Crippen molar-refractivity contribution >= 4 is 5.91 Å². The smallest absolute Gasteiger partial charge is 0.224 e. The van der Waals surface area contributed by atoms with E-state index in [4.69, 9.17) is 4.74 Å². The zero-order valence-electron chi connectivity index (χ0n) is 13.4. The van der Waals surface area contributed by atoms with E-state index in [0.717, 1.165) is 17.9 Å². The highest BCUT2D eigenvalue weighted by atomic mass is 16.5. The summed E-state index contributed by atoms with van der Waals surface area (Å²) in [6.07, 6.45) is 0.777. The Morgan fingerprint density at radius 3 is 2.62 bits per heavy atom. The van der Waals surface area contributed by atoms with Crippen LogP contribution >= 0.6 is 0 Å². The molecule has 0 aliphatic carbocycles. The molecule has 2 atom stereocenters. The molecule has 2 rings (SSSR count). The molecule has 1 aromatic heterocycles. The lowest BCUT2D eigenvalue weighted by Gasteiger charge is -2.35. The first-order valence-electron chi connectivity index (χ1n) is 7.61. The summed E-state index contributed by atoms with van der Waals surface area (Å²) in [6, 6.07) is 0. The summed E-state index contributed by atoms with van der Waals surface area (Å²) in [5.41, 5.74) is 3.29. The second kappa shape index (κ2) is 7.04. The summed E-state index contributed by atoms with van der Waals surface area (Å²) in [6.45, 7) is 10.9. The number of aryl methyl sites for hydroxylation is 2. The van der Waals surface area contributed by atoms with Crippen LogP contribution in [0.2, 0.25) is 0 Å². The van der Waals surface area contributed by atoms with E-state index in [9.17, 15) is 4.79 Å². The van der Waals surface area contributed by atoms with Crippen LogP contribution in [0.4, 0.5) is 0 Å². The predicted octanol–water partition coefficient (Wildman–Crippen LogP) is 1.14. The molecule has 1 aliphatic heterocycles. The number of hydrogen-bond donors (Lipinski definition) is 2. The highest BCUT2D eigenvalue weighted by Crippen LogP contribution is 2.12. The van der Waals surface area contributed by atoms with Gasteiger partial charge in [0.25, 0.3) is 0 Å². The monoisotopic (exact) mass is 294 g/mol. The van der Waals surface area contributed by atoms with E-state index < -0.39 is 0 Å². The number of ether oxygens (including phenoxy) is 1. The van der Waals surface area contributed by atoms with Crippen LogP contribution in [0.15, 0.2) is 0 Å². The highest BCUT2D eigenvalue weighted by Gasteiger charge is 2.25. The maximum atomic E-state index is 12.2. The SMILES string of the molecule is Cc1n[nH]c(C)c1CNCCC(=O)N1CC(C)OC(C)C1. The minimum atomic E-state index is 0.127. The third-order valence-corrected chi connectivity index (χ3v) is 3.87. The van der Waals surface area contributed by atoms with Crippen molar-refractivity contribution < 1.29 is 9.53 Å². The molecule has 6 heteroatoms. The van der Waals surface area contributed by atoms with Gasteiger partial charge < -0.3 is 15.0 Å². The second-order valence-corrected chi connectivity index (χ2v) is 5.90. The van der Waals surface area contributed by atoms with E-state index in [0.29, 0.717) is 26.1 Å². The minimum Gasteiger partial charge on any atom is -0.372 e. The number of aromatic amines is 1. The van der Waals surface area contributed by atoms with Gasteiger partial charge in [0, 0.05) is 43.9 Å².